The van der Waals surface area contributed by atoms with Gasteiger partial charge in [-0.15, -0.1) is 0 Å². The van der Waals surface area contributed by atoms with Crippen molar-refractivity contribution in [2.75, 3.05) is 0 Å². The molecule has 118 valence electrons. The van der Waals surface area contributed by atoms with Crippen molar-refractivity contribution in [3.05, 3.63) is 46.0 Å². The highest BCUT2D eigenvalue weighted by atomic mass is 79.9. The van der Waals surface area contributed by atoms with Gasteiger partial charge < -0.3 is 4.57 Å². The minimum Gasteiger partial charge on any atom is -0.334 e. The Labute approximate surface area is 138 Å². The number of aromatic nitrogens is 2. The van der Waals surface area contributed by atoms with Crippen LogP contribution in [0.25, 0.3) is 0 Å². The molecule has 0 saturated heterocycles. The number of aryl methyl sites for hydroxylation is 1. The van der Waals surface area contributed by atoms with Crippen LogP contribution in [0.3, 0.4) is 0 Å². The molecule has 0 amide bonds. The average Bonchev–Trinajstić information content (AvgIpc) is 2.83. The van der Waals surface area contributed by atoms with E-state index in [2.05, 4.69) is 25.6 Å². The zero-order valence-corrected chi connectivity index (χ0v) is 14.7. The molecule has 2 aromatic rings. The Balaban J connectivity index is 1.77. The average molecular weight is 384 g/mol. The van der Waals surface area contributed by atoms with Crippen molar-refractivity contribution < 1.29 is 8.42 Å². The minimum atomic E-state index is -3.52. The first-order valence-electron chi connectivity index (χ1n) is 7.26. The number of sulfonamides is 1. The lowest BCUT2D eigenvalue weighted by molar-refractivity contribution is 0.576. The van der Waals surface area contributed by atoms with Crippen LogP contribution >= 0.6 is 15.9 Å². The van der Waals surface area contributed by atoms with E-state index in [9.17, 15) is 8.42 Å². The van der Waals surface area contributed by atoms with Crippen LogP contribution in [0.15, 0.2) is 33.6 Å². The summed E-state index contributed by atoms with van der Waals surface area (Å²) in [6, 6.07) is 6.59. The Kier molecular flexibility index (Phi) is 4.38. The zero-order valence-electron chi connectivity index (χ0n) is 12.3. The Morgan fingerprint density at radius 2 is 1.91 bits per heavy atom. The summed E-state index contributed by atoms with van der Waals surface area (Å²) in [5.41, 5.74) is 2.36. The van der Waals surface area contributed by atoms with E-state index in [-0.39, 0.29) is 11.4 Å². The molecule has 1 heterocycles. The van der Waals surface area contributed by atoms with Crippen molar-refractivity contribution >= 4 is 26.0 Å². The summed E-state index contributed by atoms with van der Waals surface area (Å²) in [7, 11) is -1.56. The van der Waals surface area contributed by atoms with Gasteiger partial charge in [-0.25, -0.2) is 18.1 Å². The highest BCUT2D eigenvalue weighted by Crippen LogP contribution is 2.21. The summed E-state index contributed by atoms with van der Waals surface area (Å²) in [5.74, 6) is 0.771. The zero-order chi connectivity index (χ0) is 15.7. The number of fused-ring (bicyclic) bond motifs is 1. The first kappa shape index (κ1) is 15.7. The lowest BCUT2D eigenvalue weighted by Crippen LogP contribution is -2.24. The van der Waals surface area contributed by atoms with Crippen molar-refractivity contribution in [2.24, 2.45) is 7.05 Å². The molecule has 3 rings (SSSR count). The molecule has 0 saturated carbocycles. The van der Waals surface area contributed by atoms with Gasteiger partial charge in [0.05, 0.1) is 17.1 Å². The van der Waals surface area contributed by atoms with Crippen molar-refractivity contribution in [1.82, 2.24) is 14.3 Å². The number of halogens is 1. The van der Waals surface area contributed by atoms with Crippen LogP contribution in [0, 0.1) is 0 Å². The minimum absolute atomic E-state index is 0.210. The van der Waals surface area contributed by atoms with Crippen LogP contribution < -0.4 is 4.72 Å². The van der Waals surface area contributed by atoms with Gasteiger partial charge in [0, 0.05) is 17.2 Å². The van der Waals surface area contributed by atoms with Crippen LogP contribution in [0.4, 0.5) is 0 Å². The standard InChI is InChI=1S/C15H18BrN3O2S/c1-19-14-5-3-2-4-13(14)18-15(19)10-17-22(20,21)12-8-6-11(16)7-9-12/h6-9,17H,2-5,10H2,1H3. The summed E-state index contributed by atoms with van der Waals surface area (Å²) >= 11 is 3.30. The second-order valence-electron chi connectivity index (χ2n) is 5.47. The summed E-state index contributed by atoms with van der Waals surface area (Å²) in [6.45, 7) is 0.210. The summed E-state index contributed by atoms with van der Waals surface area (Å²) in [4.78, 5) is 4.85. The molecular weight excluding hydrogens is 366 g/mol. The molecule has 22 heavy (non-hydrogen) atoms. The number of hydrogen-bond donors (Lipinski definition) is 1. The molecular formula is C15H18BrN3O2S. The molecule has 0 unspecified atom stereocenters. The highest BCUT2D eigenvalue weighted by Gasteiger charge is 2.20. The quantitative estimate of drug-likeness (QED) is 0.881. The predicted octanol–water partition coefficient (Wildman–Crippen LogP) is 2.54. The van der Waals surface area contributed by atoms with E-state index < -0.39 is 10.0 Å². The van der Waals surface area contributed by atoms with Gasteiger partial charge in [-0.2, -0.15) is 0 Å². The van der Waals surface area contributed by atoms with E-state index in [1.807, 2.05) is 11.6 Å². The van der Waals surface area contributed by atoms with Gasteiger partial charge in [-0.3, -0.25) is 0 Å². The first-order chi connectivity index (χ1) is 10.5. The SMILES string of the molecule is Cn1c(CNS(=O)(=O)c2ccc(Br)cc2)nc2c1CCCC2. The fraction of sp³-hybridized carbons (Fsp3) is 0.400. The number of imidazole rings is 1. The Bertz CT molecular complexity index is 782. The number of benzene rings is 1. The van der Waals surface area contributed by atoms with Gasteiger partial charge in [0.2, 0.25) is 10.0 Å². The number of nitrogens with zero attached hydrogens (tertiary/aromatic N) is 2. The van der Waals surface area contributed by atoms with Crippen molar-refractivity contribution in [1.29, 1.82) is 0 Å². The third kappa shape index (κ3) is 3.11. The normalized spacial score (nSPS) is 14.8. The van der Waals surface area contributed by atoms with Crippen LogP contribution in [0.1, 0.15) is 30.1 Å². The van der Waals surface area contributed by atoms with E-state index in [4.69, 9.17) is 0 Å². The summed E-state index contributed by atoms with van der Waals surface area (Å²) in [6.07, 6.45) is 4.35. The van der Waals surface area contributed by atoms with Crippen molar-refractivity contribution in [3.8, 4) is 0 Å². The first-order valence-corrected chi connectivity index (χ1v) is 9.53. The van der Waals surface area contributed by atoms with Gasteiger partial charge in [-0.05, 0) is 49.9 Å². The third-order valence-corrected chi connectivity index (χ3v) is 5.96. The molecule has 0 fully saturated rings. The molecule has 1 aromatic carbocycles. The van der Waals surface area contributed by atoms with Crippen LogP contribution in [-0.2, 0) is 36.5 Å². The van der Waals surface area contributed by atoms with Crippen LogP contribution in [0.5, 0.6) is 0 Å². The lowest BCUT2D eigenvalue weighted by atomic mass is 10.0. The van der Waals surface area contributed by atoms with E-state index in [0.717, 1.165) is 35.3 Å². The highest BCUT2D eigenvalue weighted by molar-refractivity contribution is 9.10. The smallest absolute Gasteiger partial charge is 0.240 e. The van der Waals surface area contributed by atoms with Crippen LogP contribution in [-0.4, -0.2) is 18.0 Å². The predicted molar refractivity (Wildman–Crippen MR) is 88.0 cm³/mol. The van der Waals surface area contributed by atoms with Crippen molar-refractivity contribution in [2.45, 2.75) is 37.1 Å². The Hall–Kier alpha value is -1.18. The maximum atomic E-state index is 12.3. The Morgan fingerprint density at radius 3 is 2.59 bits per heavy atom. The topological polar surface area (TPSA) is 64.0 Å². The van der Waals surface area contributed by atoms with E-state index in [1.165, 1.54) is 12.1 Å². The molecule has 7 heteroatoms. The maximum absolute atomic E-state index is 12.3. The number of hydrogen-bond acceptors (Lipinski definition) is 3. The molecule has 0 radical (unpaired) electrons. The van der Waals surface area contributed by atoms with Crippen molar-refractivity contribution in [3.63, 3.8) is 0 Å². The largest absolute Gasteiger partial charge is 0.334 e. The molecule has 1 N–H and O–H groups in total. The molecule has 0 bridgehead atoms. The van der Waals surface area contributed by atoms with Gasteiger partial charge in [0.25, 0.3) is 0 Å². The maximum Gasteiger partial charge on any atom is 0.240 e. The van der Waals surface area contributed by atoms with E-state index in [1.54, 1.807) is 24.3 Å². The van der Waals surface area contributed by atoms with E-state index >= 15 is 0 Å². The fourth-order valence-corrected chi connectivity index (χ4v) is 4.00. The molecule has 1 aliphatic rings. The van der Waals surface area contributed by atoms with Gasteiger partial charge in [0.15, 0.2) is 0 Å². The van der Waals surface area contributed by atoms with E-state index in [0.29, 0.717) is 0 Å². The molecule has 0 atom stereocenters. The number of nitrogens with one attached hydrogen (secondary N) is 1. The molecule has 0 spiro atoms. The molecule has 1 aliphatic carbocycles. The van der Waals surface area contributed by atoms with Crippen LogP contribution in [0.2, 0.25) is 0 Å². The third-order valence-electron chi connectivity index (χ3n) is 4.01. The monoisotopic (exact) mass is 383 g/mol. The summed E-state index contributed by atoms with van der Waals surface area (Å²) in [5, 5.41) is 0. The van der Waals surface area contributed by atoms with Gasteiger partial charge in [-0.1, -0.05) is 15.9 Å². The fourth-order valence-electron chi connectivity index (χ4n) is 2.76. The summed E-state index contributed by atoms with van der Waals surface area (Å²) < 4.78 is 30.1. The van der Waals surface area contributed by atoms with Gasteiger partial charge in [0.1, 0.15) is 5.82 Å². The second kappa shape index (κ2) is 6.14. The van der Waals surface area contributed by atoms with Gasteiger partial charge >= 0.3 is 0 Å². The second-order valence-corrected chi connectivity index (χ2v) is 8.15. The Morgan fingerprint density at radius 1 is 1.23 bits per heavy atom. The molecule has 1 aromatic heterocycles. The molecule has 5 nitrogen and oxygen atoms in total. The lowest BCUT2D eigenvalue weighted by Gasteiger charge is -2.11. The molecule has 0 aliphatic heterocycles. The number of rotatable bonds is 4.